The van der Waals surface area contributed by atoms with Crippen LogP contribution in [0.4, 0.5) is 17.1 Å². The first-order valence-corrected chi connectivity index (χ1v) is 11.7. The van der Waals surface area contributed by atoms with Crippen LogP contribution in [0.2, 0.25) is 0 Å². The molecule has 0 aliphatic rings. The minimum absolute atomic E-state index is 0.0965. The number of hydrogen-bond acceptors (Lipinski definition) is 7. The third-order valence-corrected chi connectivity index (χ3v) is 6.61. The van der Waals surface area contributed by atoms with Gasteiger partial charge in [0.05, 0.1) is 17.3 Å². The van der Waals surface area contributed by atoms with E-state index in [4.69, 9.17) is 0 Å². The Morgan fingerprint density at radius 1 is 1.23 bits per heavy atom. The van der Waals surface area contributed by atoms with E-state index < -0.39 is 10.9 Å². The van der Waals surface area contributed by atoms with Crippen molar-refractivity contribution < 1.29 is 9.90 Å². The molecule has 0 spiro atoms. The van der Waals surface area contributed by atoms with Gasteiger partial charge >= 0.3 is 0 Å². The molecule has 0 saturated carbocycles. The molecule has 0 bridgehead atoms. The van der Waals surface area contributed by atoms with Gasteiger partial charge in [-0.05, 0) is 35.6 Å². The summed E-state index contributed by atoms with van der Waals surface area (Å²) in [6.45, 7) is 1.99. The van der Waals surface area contributed by atoms with Gasteiger partial charge in [-0.15, -0.1) is 11.3 Å². The number of alkyl halides is 1. The van der Waals surface area contributed by atoms with E-state index >= 15 is 0 Å². The molecular weight excluding hydrogens is 517 g/mol. The van der Waals surface area contributed by atoms with Crippen LogP contribution in [-0.4, -0.2) is 30.0 Å². The minimum Gasteiger partial charge on any atom is -0.505 e. The lowest BCUT2D eigenvalue weighted by atomic mass is 10.1. The molecule has 1 heterocycles. The summed E-state index contributed by atoms with van der Waals surface area (Å²) in [7, 11) is 3.19. The fraction of sp³-hybridized carbons (Fsp3) is 0.286. The molecular formula is C21H22IN3O4S. The summed E-state index contributed by atoms with van der Waals surface area (Å²) < 4.78 is 0.605. The van der Waals surface area contributed by atoms with Crippen molar-refractivity contribution in [2.75, 3.05) is 24.7 Å². The number of thiophene rings is 1. The van der Waals surface area contributed by atoms with E-state index in [1.54, 1.807) is 37.6 Å². The van der Waals surface area contributed by atoms with Crippen LogP contribution < -0.4 is 21.5 Å². The molecule has 0 unspecified atom stereocenters. The van der Waals surface area contributed by atoms with Crippen molar-refractivity contribution in [3.05, 3.63) is 66.1 Å². The summed E-state index contributed by atoms with van der Waals surface area (Å²) in [5, 5.41) is 18.7. The molecule has 0 fully saturated rings. The topological polar surface area (TPSA) is 98.7 Å². The molecule has 1 aromatic heterocycles. The van der Waals surface area contributed by atoms with Crippen LogP contribution in [0.15, 0.2) is 39.2 Å². The number of phenolic OH excluding ortho intramolecular Hbond substituents is 1. The standard InChI is InChI=1S/C21H22IN3O4S/c1-4-13(15-6-5-7-30-15)23-16-17(20(28)19(16)27)24-14-9-11(10-22)8-12(18(14)26)21(29)25(2)3/h5-9,13,23-24,26H,4,10H2,1-3H3/t13-/m1/s1. The number of carbonyl (C=O) groups excluding carboxylic acids is 1. The Bertz CT molecular complexity index is 1130. The second-order valence-corrected chi connectivity index (χ2v) is 8.77. The first kappa shape index (κ1) is 22.3. The molecule has 7 nitrogen and oxygen atoms in total. The van der Waals surface area contributed by atoms with Crippen molar-refractivity contribution >= 4 is 56.9 Å². The highest BCUT2D eigenvalue weighted by atomic mass is 127. The van der Waals surface area contributed by atoms with Crippen LogP contribution in [-0.2, 0) is 4.43 Å². The molecule has 2 aromatic carbocycles. The third-order valence-electron chi connectivity index (χ3n) is 4.74. The van der Waals surface area contributed by atoms with E-state index in [-0.39, 0.29) is 40.3 Å². The van der Waals surface area contributed by atoms with Crippen LogP contribution in [0.25, 0.3) is 0 Å². The molecule has 30 heavy (non-hydrogen) atoms. The van der Waals surface area contributed by atoms with E-state index in [9.17, 15) is 19.5 Å². The smallest absolute Gasteiger partial charge is 0.257 e. The first-order valence-electron chi connectivity index (χ1n) is 9.32. The molecule has 158 valence electrons. The maximum Gasteiger partial charge on any atom is 0.257 e. The molecule has 9 heteroatoms. The number of carbonyl (C=O) groups is 1. The Hall–Kier alpha value is -2.40. The molecule has 1 amide bonds. The van der Waals surface area contributed by atoms with Gasteiger partial charge in [-0.25, -0.2) is 0 Å². The van der Waals surface area contributed by atoms with Crippen molar-refractivity contribution in [1.29, 1.82) is 0 Å². The van der Waals surface area contributed by atoms with Crippen LogP contribution in [0, 0.1) is 0 Å². The maximum atomic E-state index is 12.4. The van der Waals surface area contributed by atoms with Gasteiger partial charge in [-0.2, -0.15) is 0 Å². The van der Waals surface area contributed by atoms with Gasteiger partial charge in [0.25, 0.3) is 16.8 Å². The van der Waals surface area contributed by atoms with Crippen molar-refractivity contribution in [1.82, 2.24) is 4.90 Å². The normalized spacial score (nSPS) is 12.0. The van der Waals surface area contributed by atoms with Gasteiger partial charge in [0.15, 0.2) is 5.75 Å². The Kier molecular flexibility index (Phi) is 6.81. The highest BCUT2D eigenvalue weighted by Gasteiger charge is 2.26. The number of hydrogen-bond donors (Lipinski definition) is 3. The number of halogens is 1. The van der Waals surface area contributed by atoms with Crippen molar-refractivity contribution in [3.8, 4) is 5.75 Å². The molecule has 0 aliphatic heterocycles. The van der Waals surface area contributed by atoms with Crippen molar-refractivity contribution in [2.24, 2.45) is 0 Å². The highest BCUT2D eigenvalue weighted by Crippen LogP contribution is 2.35. The summed E-state index contributed by atoms with van der Waals surface area (Å²) in [4.78, 5) is 39.4. The van der Waals surface area contributed by atoms with Crippen LogP contribution in [0.5, 0.6) is 5.75 Å². The van der Waals surface area contributed by atoms with E-state index in [0.29, 0.717) is 4.43 Å². The first-order chi connectivity index (χ1) is 14.3. The van der Waals surface area contributed by atoms with Gasteiger partial charge in [-0.3, -0.25) is 14.4 Å². The second kappa shape index (κ2) is 9.17. The minimum atomic E-state index is -0.654. The van der Waals surface area contributed by atoms with E-state index in [1.807, 2.05) is 24.4 Å². The van der Waals surface area contributed by atoms with Gasteiger partial charge in [-0.1, -0.05) is 35.6 Å². The summed E-state index contributed by atoms with van der Waals surface area (Å²) in [6.07, 6.45) is 0.732. The quantitative estimate of drug-likeness (QED) is 0.173. The number of aromatic hydroxyl groups is 1. The fourth-order valence-electron chi connectivity index (χ4n) is 3.09. The van der Waals surface area contributed by atoms with Gasteiger partial charge in [0, 0.05) is 23.4 Å². The molecule has 0 radical (unpaired) electrons. The van der Waals surface area contributed by atoms with Gasteiger partial charge < -0.3 is 20.6 Å². The summed E-state index contributed by atoms with van der Waals surface area (Å²) >= 11 is 3.73. The van der Waals surface area contributed by atoms with Crippen LogP contribution in [0.1, 0.15) is 40.2 Å². The van der Waals surface area contributed by atoms with Gasteiger partial charge in [0.1, 0.15) is 11.4 Å². The van der Waals surface area contributed by atoms with Crippen LogP contribution in [0.3, 0.4) is 0 Å². The second-order valence-electron chi connectivity index (χ2n) is 7.03. The zero-order chi connectivity index (χ0) is 22.0. The SMILES string of the molecule is CC[C@@H](Nc1c(Nc2cc(CI)cc(C(=O)N(C)C)c2O)c(=O)c1=O)c1cccs1. The summed E-state index contributed by atoms with van der Waals surface area (Å²) in [6, 6.07) is 7.10. The highest BCUT2D eigenvalue weighted by molar-refractivity contribution is 14.1. The largest absolute Gasteiger partial charge is 0.505 e. The molecule has 0 aliphatic carbocycles. The molecule has 1 atom stereocenters. The number of rotatable bonds is 8. The summed E-state index contributed by atoms with van der Waals surface area (Å²) in [5.41, 5.74) is 0.196. The predicted octanol–water partition coefficient (Wildman–Crippen LogP) is 3.99. The van der Waals surface area contributed by atoms with Crippen molar-refractivity contribution in [3.63, 3.8) is 0 Å². The Labute approximate surface area is 191 Å². The van der Waals surface area contributed by atoms with Crippen molar-refractivity contribution in [2.45, 2.75) is 23.8 Å². The number of nitrogens with zero attached hydrogens (tertiary/aromatic N) is 1. The zero-order valence-electron chi connectivity index (χ0n) is 16.8. The lowest BCUT2D eigenvalue weighted by Crippen LogP contribution is -2.37. The third kappa shape index (κ3) is 4.22. The number of anilines is 3. The Morgan fingerprint density at radius 3 is 2.50 bits per heavy atom. The van der Waals surface area contributed by atoms with Crippen LogP contribution >= 0.6 is 33.9 Å². The average molecular weight is 539 g/mol. The number of phenols is 1. The number of benzene rings is 1. The predicted molar refractivity (Wildman–Crippen MR) is 129 cm³/mol. The van der Waals surface area contributed by atoms with Gasteiger partial charge in [0.2, 0.25) is 0 Å². The van der Waals surface area contributed by atoms with E-state index in [1.165, 1.54) is 4.90 Å². The fourth-order valence-corrected chi connectivity index (χ4v) is 4.39. The number of nitrogens with one attached hydrogen (secondary N) is 2. The Morgan fingerprint density at radius 2 is 1.93 bits per heavy atom. The van der Waals surface area contributed by atoms with E-state index in [2.05, 4.69) is 33.2 Å². The molecule has 3 aromatic rings. The monoisotopic (exact) mass is 539 g/mol. The molecule has 3 rings (SSSR count). The molecule has 0 saturated heterocycles. The number of amides is 1. The lowest BCUT2D eigenvalue weighted by molar-refractivity contribution is 0.0824. The average Bonchev–Trinajstić information content (AvgIpc) is 3.28. The lowest BCUT2D eigenvalue weighted by Gasteiger charge is -2.22. The molecule has 3 N–H and O–H groups in total. The Balaban J connectivity index is 1.97. The zero-order valence-corrected chi connectivity index (χ0v) is 19.8. The summed E-state index contributed by atoms with van der Waals surface area (Å²) in [5.74, 6) is -0.610. The van der Waals surface area contributed by atoms with E-state index in [0.717, 1.165) is 16.9 Å². The maximum absolute atomic E-state index is 12.4.